The zero-order valence-electron chi connectivity index (χ0n) is 14.8. The van der Waals surface area contributed by atoms with Crippen LogP contribution in [0.3, 0.4) is 0 Å². The third-order valence-electron chi connectivity index (χ3n) is 3.60. The Morgan fingerprint density at radius 1 is 1.15 bits per heavy atom. The highest BCUT2D eigenvalue weighted by Crippen LogP contribution is 2.14. The molecule has 0 radical (unpaired) electrons. The van der Waals surface area contributed by atoms with Crippen LogP contribution in [0, 0.1) is 6.92 Å². The third-order valence-corrected chi connectivity index (χ3v) is 3.84. The van der Waals surface area contributed by atoms with Crippen LogP contribution in [0.5, 0.6) is 5.75 Å². The van der Waals surface area contributed by atoms with Crippen molar-refractivity contribution in [3.05, 3.63) is 64.7 Å². The summed E-state index contributed by atoms with van der Waals surface area (Å²) in [5, 5.41) is 3.36. The average molecular weight is 376 g/mol. The van der Waals surface area contributed by atoms with Gasteiger partial charge in [0.1, 0.15) is 5.75 Å². The van der Waals surface area contributed by atoms with Gasteiger partial charge in [-0.3, -0.25) is 4.79 Å². The zero-order chi connectivity index (χ0) is 18.9. The molecular weight excluding hydrogens is 354 g/mol. The van der Waals surface area contributed by atoms with Crippen LogP contribution in [-0.2, 0) is 20.7 Å². The summed E-state index contributed by atoms with van der Waals surface area (Å²) in [7, 11) is 0. The fourth-order valence-electron chi connectivity index (χ4n) is 2.28. The first-order valence-corrected chi connectivity index (χ1v) is 8.73. The van der Waals surface area contributed by atoms with Gasteiger partial charge in [0.25, 0.3) is 5.91 Å². The quantitative estimate of drug-likeness (QED) is 0.719. The Bertz CT molecular complexity index is 763. The number of nitrogens with one attached hydrogen (secondary N) is 1. The topological polar surface area (TPSA) is 64.6 Å². The predicted octanol–water partition coefficient (Wildman–Crippen LogP) is 3.32. The van der Waals surface area contributed by atoms with Crippen molar-refractivity contribution in [1.82, 2.24) is 5.32 Å². The number of hydrogen-bond acceptors (Lipinski definition) is 4. The maximum Gasteiger partial charge on any atom is 0.347 e. The molecule has 0 unspecified atom stereocenters. The number of aryl methyl sites for hydroxylation is 1. The van der Waals surface area contributed by atoms with Gasteiger partial charge in [-0.25, -0.2) is 4.79 Å². The maximum atomic E-state index is 11.9. The summed E-state index contributed by atoms with van der Waals surface area (Å²) in [5.74, 6) is -0.361. The maximum absolute atomic E-state index is 11.9. The number of esters is 1. The van der Waals surface area contributed by atoms with Crippen LogP contribution in [0.25, 0.3) is 0 Å². The van der Waals surface area contributed by atoms with Gasteiger partial charge < -0.3 is 14.8 Å². The van der Waals surface area contributed by atoms with Gasteiger partial charge in [-0.1, -0.05) is 35.9 Å². The highest BCUT2D eigenvalue weighted by atomic mass is 35.5. The fraction of sp³-hybridized carbons (Fsp3) is 0.300. The normalized spacial score (nSPS) is 11.5. The Morgan fingerprint density at radius 3 is 2.65 bits per heavy atom. The SMILES string of the molecule is Cc1cccc(O[C@@H](C)C(=O)OCC(=O)NCCc2cccc(Cl)c2)c1. The van der Waals surface area contributed by atoms with Crippen molar-refractivity contribution in [2.24, 2.45) is 0 Å². The summed E-state index contributed by atoms with van der Waals surface area (Å²) in [6.07, 6.45) is -0.149. The molecule has 0 saturated heterocycles. The highest BCUT2D eigenvalue weighted by molar-refractivity contribution is 6.30. The van der Waals surface area contributed by atoms with Gasteiger partial charge in [0, 0.05) is 11.6 Å². The molecule has 2 aromatic rings. The molecular formula is C20H22ClNO4. The number of carbonyl (C=O) groups excluding carboxylic acids is 2. The zero-order valence-corrected chi connectivity index (χ0v) is 15.6. The van der Waals surface area contributed by atoms with Crippen LogP contribution in [0.4, 0.5) is 0 Å². The summed E-state index contributed by atoms with van der Waals surface area (Å²) < 4.78 is 10.5. The predicted molar refractivity (Wildman–Crippen MR) is 100 cm³/mol. The molecule has 0 spiro atoms. The summed E-state index contributed by atoms with van der Waals surface area (Å²) >= 11 is 5.91. The molecule has 5 nitrogen and oxygen atoms in total. The number of benzene rings is 2. The highest BCUT2D eigenvalue weighted by Gasteiger charge is 2.17. The molecule has 1 amide bonds. The van der Waals surface area contributed by atoms with Gasteiger partial charge in [0.05, 0.1) is 0 Å². The molecule has 2 rings (SSSR count). The van der Waals surface area contributed by atoms with E-state index in [1.54, 1.807) is 19.1 Å². The van der Waals surface area contributed by atoms with Crippen LogP contribution in [0.1, 0.15) is 18.1 Å². The summed E-state index contributed by atoms with van der Waals surface area (Å²) in [5.41, 5.74) is 2.05. The minimum atomic E-state index is -0.795. The molecule has 0 bridgehead atoms. The van der Waals surface area contributed by atoms with E-state index in [9.17, 15) is 9.59 Å². The van der Waals surface area contributed by atoms with Crippen molar-refractivity contribution in [2.75, 3.05) is 13.2 Å². The van der Waals surface area contributed by atoms with Crippen LogP contribution >= 0.6 is 11.6 Å². The average Bonchev–Trinajstić information content (AvgIpc) is 2.59. The smallest absolute Gasteiger partial charge is 0.347 e. The minimum absolute atomic E-state index is 0.337. The van der Waals surface area contributed by atoms with E-state index in [1.807, 2.05) is 43.3 Å². The lowest BCUT2D eigenvalue weighted by Gasteiger charge is -2.14. The second kappa shape index (κ2) is 9.82. The van der Waals surface area contributed by atoms with Crippen molar-refractivity contribution < 1.29 is 19.1 Å². The first kappa shape index (κ1) is 19.8. The van der Waals surface area contributed by atoms with Gasteiger partial charge in [0.2, 0.25) is 0 Å². The molecule has 0 aliphatic heterocycles. The molecule has 0 saturated carbocycles. The molecule has 2 aromatic carbocycles. The van der Waals surface area contributed by atoms with E-state index in [2.05, 4.69) is 5.32 Å². The van der Waals surface area contributed by atoms with Gasteiger partial charge in [-0.2, -0.15) is 0 Å². The lowest BCUT2D eigenvalue weighted by atomic mass is 10.1. The fourth-order valence-corrected chi connectivity index (χ4v) is 2.50. The molecule has 0 aromatic heterocycles. The molecule has 26 heavy (non-hydrogen) atoms. The number of ether oxygens (including phenoxy) is 2. The van der Waals surface area contributed by atoms with Crippen molar-refractivity contribution in [1.29, 1.82) is 0 Å². The number of halogens is 1. The Labute approximate surface area is 158 Å². The molecule has 6 heteroatoms. The van der Waals surface area contributed by atoms with E-state index in [-0.39, 0.29) is 12.5 Å². The minimum Gasteiger partial charge on any atom is -0.479 e. The number of hydrogen-bond donors (Lipinski definition) is 1. The van der Waals surface area contributed by atoms with E-state index in [0.717, 1.165) is 11.1 Å². The van der Waals surface area contributed by atoms with Crippen molar-refractivity contribution in [3.8, 4) is 5.75 Å². The van der Waals surface area contributed by atoms with Gasteiger partial charge in [-0.15, -0.1) is 0 Å². The third kappa shape index (κ3) is 6.76. The van der Waals surface area contributed by atoms with Crippen molar-refractivity contribution in [3.63, 3.8) is 0 Å². The van der Waals surface area contributed by atoms with Gasteiger partial charge >= 0.3 is 5.97 Å². The van der Waals surface area contributed by atoms with E-state index in [0.29, 0.717) is 23.7 Å². The van der Waals surface area contributed by atoms with Crippen molar-refractivity contribution >= 4 is 23.5 Å². The monoisotopic (exact) mass is 375 g/mol. The first-order valence-electron chi connectivity index (χ1n) is 8.35. The Morgan fingerprint density at radius 2 is 1.92 bits per heavy atom. The molecule has 1 atom stereocenters. The van der Waals surface area contributed by atoms with Gasteiger partial charge in [-0.05, 0) is 55.7 Å². The van der Waals surface area contributed by atoms with Crippen LogP contribution in [0.15, 0.2) is 48.5 Å². The lowest BCUT2D eigenvalue weighted by Crippen LogP contribution is -2.33. The summed E-state index contributed by atoms with van der Waals surface area (Å²) in [6.45, 7) is 3.62. The molecule has 138 valence electrons. The standard InChI is InChI=1S/C20H22ClNO4/c1-14-5-3-8-18(11-14)26-15(2)20(24)25-13-19(23)22-10-9-16-6-4-7-17(21)12-16/h3-8,11-12,15H,9-10,13H2,1-2H3,(H,22,23)/t15-/m0/s1. The number of amides is 1. The second-order valence-electron chi connectivity index (χ2n) is 5.91. The molecule has 0 fully saturated rings. The second-order valence-corrected chi connectivity index (χ2v) is 6.35. The van der Waals surface area contributed by atoms with Crippen LogP contribution in [0.2, 0.25) is 5.02 Å². The summed E-state index contributed by atoms with van der Waals surface area (Å²) in [4.78, 5) is 23.7. The largest absolute Gasteiger partial charge is 0.479 e. The lowest BCUT2D eigenvalue weighted by molar-refractivity contribution is -0.154. The van der Waals surface area contributed by atoms with Crippen LogP contribution in [-0.4, -0.2) is 31.1 Å². The Kier molecular flexibility index (Phi) is 7.48. The van der Waals surface area contributed by atoms with E-state index in [1.165, 1.54) is 0 Å². The van der Waals surface area contributed by atoms with E-state index >= 15 is 0 Å². The van der Waals surface area contributed by atoms with E-state index in [4.69, 9.17) is 21.1 Å². The molecule has 1 N–H and O–H groups in total. The van der Waals surface area contributed by atoms with Crippen LogP contribution < -0.4 is 10.1 Å². The number of rotatable bonds is 8. The number of carbonyl (C=O) groups is 2. The van der Waals surface area contributed by atoms with E-state index < -0.39 is 12.1 Å². The molecule has 0 aliphatic rings. The van der Waals surface area contributed by atoms with Crippen molar-refractivity contribution in [2.45, 2.75) is 26.4 Å². The molecule has 0 aliphatic carbocycles. The molecule has 0 heterocycles. The van der Waals surface area contributed by atoms with Gasteiger partial charge in [0.15, 0.2) is 12.7 Å². The first-order chi connectivity index (χ1) is 12.4. The Hall–Kier alpha value is -2.53. The Balaban J connectivity index is 1.68. The summed E-state index contributed by atoms with van der Waals surface area (Å²) in [6, 6.07) is 14.8.